The summed E-state index contributed by atoms with van der Waals surface area (Å²) < 4.78 is 27.5. The number of nitrogens with zero attached hydrogens (tertiary/aromatic N) is 1. The van der Waals surface area contributed by atoms with Crippen molar-refractivity contribution in [3.63, 3.8) is 0 Å². The molecule has 0 saturated carbocycles. The van der Waals surface area contributed by atoms with E-state index in [9.17, 15) is 23.3 Å². The first-order chi connectivity index (χ1) is 11.9. The summed E-state index contributed by atoms with van der Waals surface area (Å²) in [6.07, 6.45) is 0. The van der Waals surface area contributed by atoms with Gasteiger partial charge in [0.15, 0.2) is 0 Å². The van der Waals surface area contributed by atoms with Crippen LogP contribution in [0.15, 0.2) is 47.4 Å². The Kier molecular flexibility index (Phi) is 5.15. The van der Waals surface area contributed by atoms with E-state index in [2.05, 4.69) is 4.72 Å². The minimum absolute atomic E-state index is 0.0201. The Balaban J connectivity index is 2.58. The summed E-state index contributed by atoms with van der Waals surface area (Å²) >= 11 is 0. The van der Waals surface area contributed by atoms with Crippen LogP contribution in [0.25, 0.3) is 11.1 Å². The maximum Gasteiger partial charge on any atom is 0.335 e. The van der Waals surface area contributed by atoms with Crippen LogP contribution in [0, 0.1) is 10.1 Å². The number of sulfonamides is 1. The Morgan fingerprint density at radius 1 is 1.12 bits per heavy atom. The first-order valence-corrected chi connectivity index (χ1v) is 9.04. The number of benzene rings is 2. The molecular weight excluding hydrogens is 360 g/mol. The predicted molar refractivity (Wildman–Crippen MR) is 95.6 cm³/mol. The zero-order valence-corrected chi connectivity index (χ0v) is 15.2. The molecule has 0 atom stereocenters. The Labute approximate surface area is 150 Å². The topological polar surface area (TPSA) is 127 Å². The van der Waals surface area contributed by atoms with E-state index < -0.39 is 26.5 Å². The van der Waals surface area contributed by atoms with E-state index in [0.717, 1.165) is 6.07 Å². The second-order valence-electron chi connectivity index (χ2n) is 6.71. The summed E-state index contributed by atoms with van der Waals surface area (Å²) in [6, 6.07) is 9.21. The number of carbonyl (C=O) groups is 1. The van der Waals surface area contributed by atoms with Crippen molar-refractivity contribution in [2.24, 2.45) is 0 Å². The molecule has 26 heavy (non-hydrogen) atoms. The standard InChI is InChI=1S/C17H18N2O6S/c1-17(2,3)18-26(24,25)15-6-4-5-11(10-15)12-7-13(16(20)21)9-14(8-12)19(22)23/h4-10,18H,1-3H3,(H,20,21). The van der Waals surface area contributed by atoms with Gasteiger partial charge in [-0.3, -0.25) is 10.1 Å². The van der Waals surface area contributed by atoms with Gasteiger partial charge in [0.25, 0.3) is 5.69 Å². The maximum absolute atomic E-state index is 12.5. The van der Waals surface area contributed by atoms with Crippen molar-refractivity contribution in [3.05, 3.63) is 58.1 Å². The molecule has 2 aromatic rings. The van der Waals surface area contributed by atoms with Gasteiger partial charge in [-0.05, 0) is 50.1 Å². The van der Waals surface area contributed by atoms with E-state index in [1.165, 1.54) is 30.3 Å². The second kappa shape index (κ2) is 6.85. The fourth-order valence-corrected chi connectivity index (χ4v) is 3.78. The molecular formula is C17H18N2O6S. The quantitative estimate of drug-likeness (QED) is 0.608. The third-order valence-electron chi connectivity index (χ3n) is 3.29. The van der Waals surface area contributed by atoms with Crippen molar-refractivity contribution in [2.75, 3.05) is 0 Å². The Hall–Kier alpha value is -2.78. The van der Waals surface area contributed by atoms with Gasteiger partial charge in [-0.1, -0.05) is 12.1 Å². The van der Waals surface area contributed by atoms with Gasteiger partial charge in [0, 0.05) is 17.7 Å². The third kappa shape index (κ3) is 4.64. The lowest BCUT2D eigenvalue weighted by molar-refractivity contribution is -0.384. The molecule has 0 fully saturated rings. The first kappa shape index (κ1) is 19.5. The molecule has 2 rings (SSSR count). The van der Waals surface area contributed by atoms with Gasteiger partial charge in [-0.15, -0.1) is 0 Å². The number of hydrogen-bond acceptors (Lipinski definition) is 5. The molecule has 0 aliphatic rings. The van der Waals surface area contributed by atoms with Crippen LogP contribution >= 0.6 is 0 Å². The number of carboxylic acids is 1. The van der Waals surface area contributed by atoms with Gasteiger partial charge < -0.3 is 5.11 Å². The number of aromatic carboxylic acids is 1. The fourth-order valence-electron chi connectivity index (χ4n) is 2.31. The van der Waals surface area contributed by atoms with E-state index in [-0.39, 0.29) is 21.7 Å². The molecule has 0 unspecified atom stereocenters. The van der Waals surface area contributed by atoms with E-state index >= 15 is 0 Å². The van der Waals surface area contributed by atoms with Gasteiger partial charge in [0.1, 0.15) is 0 Å². The molecule has 8 nitrogen and oxygen atoms in total. The molecule has 0 aromatic heterocycles. The average Bonchev–Trinajstić information content (AvgIpc) is 2.52. The Bertz CT molecular complexity index is 945. The number of nitro groups is 1. The molecule has 0 heterocycles. The van der Waals surface area contributed by atoms with Gasteiger partial charge in [-0.2, -0.15) is 0 Å². The molecule has 0 amide bonds. The molecule has 138 valence electrons. The third-order valence-corrected chi connectivity index (χ3v) is 5.05. The molecule has 2 aromatic carbocycles. The molecule has 0 saturated heterocycles. The van der Waals surface area contributed by atoms with Crippen molar-refractivity contribution >= 4 is 21.7 Å². The minimum Gasteiger partial charge on any atom is -0.478 e. The normalized spacial score (nSPS) is 12.0. The summed E-state index contributed by atoms with van der Waals surface area (Å²) in [5.41, 5.74) is -0.731. The van der Waals surface area contributed by atoms with Gasteiger partial charge >= 0.3 is 5.97 Å². The summed E-state index contributed by atoms with van der Waals surface area (Å²) in [5.74, 6) is -1.31. The van der Waals surface area contributed by atoms with Crippen molar-refractivity contribution < 1.29 is 23.2 Å². The van der Waals surface area contributed by atoms with Crippen molar-refractivity contribution in [2.45, 2.75) is 31.2 Å². The van der Waals surface area contributed by atoms with Crippen LogP contribution in [0.1, 0.15) is 31.1 Å². The monoisotopic (exact) mass is 378 g/mol. The lowest BCUT2D eigenvalue weighted by atomic mass is 10.0. The summed E-state index contributed by atoms with van der Waals surface area (Å²) in [4.78, 5) is 21.5. The lowest BCUT2D eigenvalue weighted by Crippen LogP contribution is -2.40. The fraction of sp³-hybridized carbons (Fsp3) is 0.235. The van der Waals surface area contributed by atoms with Crippen LogP contribution in [0.5, 0.6) is 0 Å². The maximum atomic E-state index is 12.5. The van der Waals surface area contributed by atoms with Crippen LogP contribution in [-0.2, 0) is 10.0 Å². The molecule has 9 heteroatoms. The number of rotatable bonds is 5. The smallest absolute Gasteiger partial charge is 0.335 e. The Morgan fingerprint density at radius 2 is 1.77 bits per heavy atom. The van der Waals surface area contributed by atoms with Gasteiger partial charge in [0.2, 0.25) is 10.0 Å². The van der Waals surface area contributed by atoms with Gasteiger partial charge in [-0.25, -0.2) is 17.9 Å². The van der Waals surface area contributed by atoms with Crippen molar-refractivity contribution in [1.82, 2.24) is 4.72 Å². The average molecular weight is 378 g/mol. The highest BCUT2D eigenvalue weighted by Crippen LogP contribution is 2.28. The highest BCUT2D eigenvalue weighted by Gasteiger charge is 2.22. The number of hydrogen-bond donors (Lipinski definition) is 2. The van der Waals surface area contributed by atoms with E-state index in [1.54, 1.807) is 26.8 Å². The molecule has 2 N–H and O–H groups in total. The molecule has 0 radical (unpaired) electrons. The number of nitro benzene ring substituents is 1. The summed E-state index contributed by atoms with van der Waals surface area (Å²) in [6.45, 7) is 5.11. The SMILES string of the molecule is CC(C)(C)NS(=O)(=O)c1cccc(-c2cc(C(=O)O)cc([N+](=O)[O-])c2)c1. The number of carboxylic acid groups (broad SMARTS) is 1. The van der Waals surface area contributed by atoms with Crippen LogP contribution in [0.3, 0.4) is 0 Å². The highest BCUT2D eigenvalue weighted by atomic mass is 32.2. The molecule has 0 spiro atoms. The van der Waals surface area contributed by atoms with Crippen LogP contribution in [-0.4, -0.2) is 30.0 Å². The highest BCUT2D eigenvalue weighted by molar-refractivity contribution is 7.89. The minimum atomic E-state index is -3.80. The molecule has 0 aliphatic carbocycles. The van der Waals surface area contributed by atoms with E-state index in [0.29, 0.717) is 5.56 Å². The molecule has 0 bridgehead atoms. The zero-order chi connectivity index (χ0) is 19.7. The Morgan fingerprint density at radius 3 is 2.31 bits per heavy atom. The predicted octanol–water partition coefficient (Wildman–Crippen LogP) is 3.04. The lowest BCUT2D eigenvalue weighted by Gasteiger charge is -2.20. The zero-order valence-electron chi connectivity index (χ0n) is 14.4. The van der Waals surface area contributed by atoms with E-state index in [1.807, 2.05) is 0 Å². The number of nitrogens with one attached hydrogen (secondary N) is 1. The molecule has 0 aliphatic heterocycles. The second-order valence-corrected chi connectivity index (χ2v) is 8.40. The van der Waals surface area contributed by atoms with Crippen molar-refractivity contribution in [1.29, 1.82) is 0 Å². The van der Waals surface area contributed by atoms with Gasteiger partial charge in [0.05, 0.1) is 15.4 Å². The summed E-state index contributed by atoms with van der Waals surface area (Å²) in [5, 5.41) is 20.2. The van der Waals surface area contributed by atoms with Crippen LogP contribution < -0.4 is 4.72 Å². The number of non-ortho nitro benzene ring substituents is 1. The first-order valence-electron chi connectivity index (χ1n) is 7.56. The largest absolute Gasteiger partial charge is 0.478 e. The van der Waals surface area contributed by atoms with Crippen LogP contribution in [0.4, 0.5) is 5.69 Å². The van der Waals surface area contributed by atoms with E-state index in [4.69, 9.17) is 5.11 Å². The van der Waals surface area contributed by atoms with Crippen molar-refractivity contribution in [3.8, 4) is 11.1 Å². The van der Waals surface area contributed by atoms with Crippen LogP contribution in [0.2, 0.25) is 0 Å². The summed E-state index contributed by atoms with van der Waals surface area (Å²) in [7, 11) is -3.80.